The Morgan fingerprint density at radius 2 is 1.21 bits per heavy atom. The number of alkyl halides is 1. The molecular formula is C16H17ClF4N2O. The van der Waals surface area contributed by atoms with E-state index >= 15 is 0 Å². The lowest BCUT2D eigenvalue weighted by Gasteiger charge is -2.09. The maximum absolute atomic E-state index is 13.0. The van der Waals surface area contributed by atoms with Gasteiger partial charge in [-0.05, 0) is 38.1 Å². The second-order valence-corrected chi connectivity index (χ2v) is 5.68. The quantitative estimate of drug-likeness (QED) is 0.419. The Morgan fingerprint density at radius 3 is 1.50 bits per heavy atom. The van der Waals surface area contributed by atoms with Gasteiger partial charge in [0.15, 0.2) is 23.3 Å². The third-order valence-corrected chi connectivity index (χ3v) is 3.37. The van der Waals surface area contributed by atoms with Gasteiger partial charge < -0.3 is 16.6 Å². The fourth-order valence-corrected chi connectivity index (χ4v) is 2.21. The number of benzene rings is 2. The zero-order valence-electron chi connectivity index (χ0n) is 13.0. The van der Waals surface area contributed by atoms with Gasteiger partial charge in [-0.25, -0.2) is 17.6 Å². The molecule has 0 heterocycles. The summed E-state index contributed by atoms with van der Waals surface area (Å²) in [6, 6.07) is 4.43. The first-order valence-corrected chi connectivity index (χ1v) is 7.30. The average Bonchev–Trinajstić information content (AvgIpc) is 2.48. The maximum atomic E-state index is 13.0. The van der Waals surface area contributed by atoms with Gasteiger partial charge in [-0.1, -0.05) is 0 Å². The van der Waals surface area contributed by atoms with E-state index in [1.54, 1.807) is 0 Å². The van der Waals surface area contributed by atoms with E-state index in [9.17, 15) is 17.6 Å². The van der Waals surface area contributed by atoms with Gasteiger partial charge >= 0.3 is 0 Å². The summed E-state index contributed by atoms with van der Waals surface area (Å²) in [5.74, 6) is -3.96. The number of hydrogen-bond acceptors (Lipinski definition) is 3. The highest BCUT2D eigenvalue weighted by molar-refractivity contribution is 6.21. The first-order valence-electron chi connectivity index (χ1n) is 6.86. The molecule has 24 heavy (non-hydrogen) atoms. The Balaban J connectivity index is 0.000000240. The van der Waals surface area contributed by atoms with Crippen molar-refractivity contribution in [3.8, 4) is 0 Å². The summed E-state index contributed by atoms with van der Waals surface area (Å²) in [5.41, 5.74) is 10.8. The lowest BCUT2D eigenvalue weighted by molar-refractivity contribution is 0.193. The van der Waals surface area contributed by atoms with E-state index in [1.807, 2.05) is 0 Å². The van der Waals surface area contributed by atoms with Crippen molar-refractivity contribution < 1.29 is 22.7 Å². The Kier molecular flexibility index (Phi) is 6.86. The lowest BCUT2D eigenvalue weighted by atomic mass is 10.1. The molecule has 132 valence electrons. The number of anilines is 2. The molecule has 0 bridgehead atoms. The van der Waals surface area contributed by atoms with Crippen molar-refractivity contribution in [3.05, 3.63) is 58.7 Å². The Labute approximate surface area is 141 Å². The predicted molar refractivity (Wildman–Crippen MR) is 86.4 cm³/mol. The summed E-state index contributed by atoms with van der Waals surface area (Å²) in [4.78, 5) is 0. The lowest BCUT2D eigenvalue weighted by Crippen LogP contribution is -2.03. The topological polar surface area (TPSA) is 72.3 Å². The van der Waals surface area contributed by atoms with E-state index in [0.717, 1.165) is 12.1 Å². The number of nitrogens with two attached hydrogens (primary N) is 2. The number of nitrogen functional groups attached to an aromatic ring is 2. The summed E-state index contributed by atoms with van der Waals surface area (Å²) < 4.78 is 51.1. The molecule has 2 aromatic carbocycles. The number of aliphatic hydroxyl groups is 1. The minimum absolute atomic E-state index is 0.0247. The molecule has 0 amide bonds. The summed E-state index contributed by atoms with van der Waals surface area (Å²) in [6.45, 7) is 2.87. The summed E-state index contributed by atoms with van der Waals surface area (Å²) in [6.07, 6.45) is -1.10. The van der Waals surface area contributed by atoms with Crippen LogP contribution in [-0.4, -0.2) is 5.11 Å². The van der Waals surface area contributed by atoms with Crippen molar-refractivity contribution in [1.29, 1.82) is 0 Å². The van der Waals surface area contributed by atoms with Gasteiger partial charge in [0, 0.05) is 22.5 Å². The Morgan fingerprint density at radius 1 is 0.833 bits per heavy atom. The SMILES string of the molecule is CC(Cl)c1c(N)ccc(F)c1F.CC(O)c1c(N)ccc(F)c1F. The standard InChI is InChI=1S/C8H8ClF2N.C8H9F2NO/c1-4(9)7-6(12)3-2-5(10)8(7)11;1-4(12)7-6(11)3-2-5(9)8(7)10/h2-4H,12H2,1H3;2-4,12H,11H2,1H3. The molecule has 2 unspecified atom stereocenters. The van der Waals surface area contributed by atoms with Gasteiger partial charge in [-0.15, -0.1) is 11.6 Å². The Bertz CT molecular complexity index is 662. The molecule has 8 heteroatoms. The molecule has 3 nitrogen and oxygen atoms in total. The molecule has 0 fully saturated rings. The van der Waals surface area contributed by atoms with E-state index in [-0.39, 0.29) is 22.5 Å². The molecule has 2 aromatic rings. The second kappa shape index (κ2) is 8.21. The van der Waals surface area contributed by atoms with Crippen LogP contribution in [0.4, 0.5) is 28.9 Å². The van der Waals surface area contributed by atoms with Crippen molar-refractivity contribution >= 4 is 23.0 Å². The molecule has 5 N–H and O–H groups in total. The minimum Gasteiger partial charge on any atom is -0.398 e. The molecule has 0 aliphatic heterocycles. The summed E-state index contributed by atoms with van der Waals surface area (Å²) >= 11 is 5.60. The van der Waals surface area contributed by atoms with Crippen LogP contribution in [0.25, 0.3) is 0 Å². The molecule has 0 saturated carbocycles. The third-order valence-electron chi connectivity index (χ3n) is 3.15. The molecule has 0 radical (unpaired) electrons. The molecule has 0 aromatic heterocycles. The minimum atomic E-state index is -1.10. The van der Waals surface area contributed by atoms with Crippen LogP contribution < -0.4 is 11.5 Å². The number of hydrogen-bond donors (Lipinski definition) is 3. The van der Waals surface area contributed by atoms with E-state index in [4.69, 9.17) is 28.2 Å². The fourth-order valence-electron chi connectivity index (χ4n) is 1.99. The zero-order valence-corrected chi connectivity index (χ0v) is 13.7. The van der Waals surface area contributed by atoms with Gasteiger partial charge in [0.25, 0.3) is 0 Å². The van der Waals surface area contributed by atoms with Gasteiger partial charge in [0.1, 0.15) is 0 Å². The highest BCUT2D eigenvalue weighted by Gasteiger charge is 2.16. The normalized spacial score (nSPS) is 13.0. The molecule has 0 saturated heterocycles. The van der Waals surface area contributed by atoms with E-state index in [0.29, 0.717) is 0 Å². The molecule has 2 atom stereocenters. The van der Waals surface area contributed by atoms with Gasteiger partial charge in [-0.2, -0.15) is 0 Å². The molecule has 2 rings (SSSR count). The monoisotopic (exact) mass is 364 g/mol. The van der Waals surface area contributed by atoms with Crippen LogP contribution in [0.1, 0.15) is 36.5 Å². The molecule has 0 aliphatic rings. The molecule has 0 spiro atoms. The Hall–Kier alpha value is -1.99. The number of rotatable bonds is 2. The van der Waals surface area contributed by atoms with Crippen LogP contribution >= 0.6 is 11.6 Å². The van der Waals surface area contributed by atoms with Crippen molar-refractivity contribution in [2.24, 2.45) is 0 Å². The highest BCUT2D eigenvalue weighted by atomic mass is 35.5. The van der Waals surface area contributed by atoms with E-state index in [1.165, 1.54) is 26.0 Å². The van der Waals surface area contributed by atoms with Crippen LogP contribution in [-0.2, 0) is 0 Å². The smallest absolute Gasteiger partial charge is 0.166 e. The van der Waals surface area contributed by atoms with Crippen molar-refractivity contribution in [2.75, 3.05) is 11.5 Å². The first kappa shape index (κ1) is 20.1. The van der Waals surface area contributed by atoms with Crippen LogP contribution in [0.2, 0.25) is 0 Å². The fraction of sp³-hybridized carbons (Fsp3) is 0.250. The number of aliphatic hydroxyl groups excluding tert-OH is 1. The highest BCUT2D eigenvalue weighted by Crippen LogP contribution is 2.29. The first-order chi connectivity index (χ1) is 11.1. The summed E-state index contributed by atoms with van der Waals surface area (Å²) in [5, 5.41) is 8.40. The predicted octanol–water partition coefficient (Wildman–Crippen LogP) is 4.45. The van der Waals surface area contributed by atoms with Crippen LogP contribution in [0.15, 0.2) is 24.3 Å². The third kappa shape index (κ3) is 4.52. The average molecular weight is 365 g/mol. The van der Waals surface area contributed by atoms with Crippen molar-refractivity contribution in [3.63, 3.8) is 0 Å². The van der Waals surface area contributed by atoms with Crippen LogP contribution in [0, 0.1) is 23.3 Å². The maximum Gasteiger partial charge on any atom is 0.166 e. The van der Waals surface area contributed by atoms with Crippen LogP contribution in [0.3, 0.4) is 0 Å². The molecular weight excluding hydrogens is 348 g/mol. The van der Waals surface area contributed by atoms with Crippen LogP contribution in [0.5, 0.6) is 0 Å². The second-order valence-electron chi connectivity index (χ2n) is 5.02. The number of halogens is 5. The van der Waals surface area contributed by atoms with Gasteiger partial charge in [0.05, 0.1) is 11.5 Å². The van der Waals surface area contributed by atoms with Gasteiger partial charge in [0.2, 0.25) is 0 Å². The zero-order chi connectivity index (χ0) is 18.6. The van der Waals surface area contributed by atoms with Crippen molar-refractivity contribution in [1.82, 2.24) is 0 Å². The summed E-state index contributed by atoms with van der Waals surface area (Å²) in [7, 11) is 0. The largest absolute Gasteiger partial charge is 0.398 e. The van der Waals surface area contributed by atoms with E-state index in [2.05, 4.69) is 0 Å². The van der Waals surface area contributed by atoms with Crippen molar-refractivity contribution in [2.45, 2.75) is 25.3 Å². The molecule has 0 aliphatic carbocycles. The van der Waals surface area contributed by atoms with Gasteiger partial charge in [-0.3, -0.25) is 0 Å². The van der Waals surface area contributed by atoms with E-state index < -0.39 is 34.7 Å².